The summed E-state index contributed by atoms with van der Waals surface area (Å²) in [4.78, 5) is 5.33. The third-order valence-electron chi connectivity index (χ3n) is 12.4. The summed E-state index contributed by atoms with van der Waals surface area (Å²) in [6.45, 7) is 9.88. The summed E-state index contributed by atoms with van der Waals surface area (Å²) in [5.74, 6) is 2.97. The molecular formula is C29H50N2O2. The van der Waals surface area contributed by atoms with Crippen molar-refractivity contribution in [3.8, 4) is 0 Å². The van der Waals surface area contributed by atoms with Gasteiger partial charge < -0.3 is 10.2 Å². The van der Waals surface area contributed by atoms with Gasteiger partial charge in [0.2, 0.25) is 0 Å². The number of rotatable bonds is 2. The van der Waals surface area contributed by atoms with E-state index >= 15 is 0 Å². The number of hydrogen-bond donors (Lipinski definition) is 2. The Labute approximate surface area is 202 Å². The van der Waals surface area contributed by atoms with Crippen LogP contribution in [0, 0.1) is 34.5 Å². The Balaban J connectivity index is 1.24. The topological polar surface area (TPSA) is 46.9 Å². The third-order valence-corrected chi connectivity index (χ3v) is 12.4. The molecule has 0 bridgehead atoms. The lowest BCUT2D eigenvalue weighted by Crippen LogP contribution is -2.60. The Kier molecular flexibility index (Phi) is 6.16. The van der Waals surface area contributed by atoms with Gasteiger partial charge in [-0.2, -0.15) is 0 Å². The van der Waals surface area contributed by atoms with Crippen molar-refractivity contribution < 1.29 is 10.2 Å². The van der Waals surface area contributed by atoms with Crippen LogP contribution in [-0.4, -0.2) is 70.5 Å². The molecule has 4 nitrogen and oxygen atoms in total. The first kappa shape index (κ1) is 23.3. The van der Waals surface area contributed by atoms with Crippen molar-refractivity contribution in [1.82, 2.24) is 9.80 Å². The maximum Gasteiger partial charge on any atom is 0.0751 e. The minimum Gasteiger partial charge on any atom is -0.391 e. The first-order valence-corrected chi connectivity index (χ1v) is 14.8. The molecule has 33 heavy (non-hydrogen) atoms. The highest BCUT2D eigenvalue weighted by Crippen LogP contribution is 2.66. The quantitative estimate of drug-likeness (QED) is 0.631. The van der Waals surface area contributed by atoms with Gasteiger partial charge in [-0.3, -0.25) is 9.80 Å². The highest BCUT2D eigenvalue weighted by atomic mass is 16.3. The van der Waals surface area contributed by atoms with Gasteiger partial charge in [-0.25, -0.2) is 0 Å². The van der Waals surface area contributed by atoms with E-state index in [1.54, 1.807) is 0 Å². The summed E-state index contributed by atoms with van der Waals surface area (Å²) in [6.07, 6.45) is 16.4. The number of aliphatic hydroxyl groups excluding tert-OH is 2. The van der Waals surface area contributed by atoms with Crippen molar-refractivity contribution in [1.29, 1.82) is 0 Å². The van der Waals surface area contributed by atoms with Crippen LogP contribution >= 0.6 is 0 Å². The molecule has 0 aromatic rings. The Hall–Kier alpha value is -0.160. The van der Waals surface area contributed by atoms with E-state index in [-0.39, 0.29) is 17.6 Å². The minimum absolute atomic E-state index is 0.118. The molecule has 2 aliphatic heterocycles. The van der Waals surface area contributed by atoms with E-state index in [9.17, 15) is 10.2 Å². The van der Waals surface area contributed by atoms with Crippen LogP contribution in [0.1, 0.15) is 97.3 Å². The summed E-state index contributed by atoms with van der Waals surface area (Å²) in [5, 5.41) is 22.8. The van der Waals surface area contributed by atoms with Crippen molar-refractivity contribution in [3.63, 3.8) is 0 Å². The van der Waals surface area contributed by atoms with Crippen LogP contribution in [0.2, 0.25) is 0 Å². The molecule has 188 valence electrons. The summed E-state index contributed by atoms with van der Waals surface area (Å²) < 4.78 is 0. The maximum atomic E-state index is 11.6. The zero-order valence-corrected chi connectivity index (χ0v) is 21.4. The molecule has 0 amide bonds. The van der Waals surface area contributed by atoms with Crippen molar-refractivity contribution >= 4 is 0 Å². The van der Waals surface area contributed by atoms with Crippen LogP contribution in [0.25, 0.3) is 0 Å². The molecule has 1 unspecified atom stereocenters. The van der Waals surface area contributed by atoms with Crippen LogP contribution < -0.4 is 0 Å². The molecular weight excluding hydrogens is 408 g/mol. The highest BCUT2D eigenvalue weighted by Gasteiger charge is 2.63. The minimum atomic E-state index is -0.138. The number of piperidine rings is 2. The number of nitrogens with zero attached hydrogens (tertiary/aromatic N) is 2. The molecule has 0 radical (unpaired) electrons. The van der Waals surface area contributed by atoms with Crippen LogP contribution in [0.4, 0.5) is 0 Å². The summed E-state index contributed by atoms with van der Waals surface area (Å²) in [7, 11) is 0. The molecule has 4 saturated carbocycles. The SMILES string of the molecule is C[C@]12C[C@H](N3CCCCC3)[C@@H](O)C[C@@H]1CC[C@@H]1[C@@H]2CC[C@]2(C)[C@@H](O)C(N3CCCCC3)C[C@@H]12. The van der Waals surface area contributed by atoms with Crippen LogP contribution in [0.3, 0.4) is 0 Å². The lowest BCUT2D eigenvalue weighted by molar-refractivity contribution is -0.154. The van der Waals surface area contributed by atoms with E-state index < -0.39 is 0 Å². The van der Waals surface area contributed by atoms with Gasteiger partial charge in [0.15, 0.2) is 0 Å². The molecule has 10 atom stereocenters. The normalized spacial score (nSPS) is 53.8. The van der Waals surface area contributed by atoms with Gasteiger partial charge in [0.1, 0.15) is 0 Å². The van der Waals surface area contributed by atoms with Gasteiger partial charge >= 0.3 is 0 Å². The summed E-state index contributed by atoms with van der Waals surface area (Å²) in [5.41, 5.74) is 0.493. The lowest BCUT2D eigenvalue weighted by Gasteiger charge is -2.62. The predicted octanol–water partition coefficient (Wildman–Crippen LogP) is 4.68. The van der Waals surface area contributed by atoms with Crippen LogP contribution in [-0.2, 0) is 0 Å². The second-order valence-electron chi connectivity index (χ2n) is 13.7. The molecule has 4 heteroatoms. The van der Waals surface area contributed by atoms with Crippen molar-refractivity contribution in [3.05, 3.63) is 0 Å². The zero-order valence-electron chi connectivity index (χ0n) is 21.4. The summed E-state index contributed by atoms with van der Waals surface area (Å²) >= 11 is 0. The molecule has 6 fully saturated rings. The Morgan fingerprint density at radius 1 is 0.667 bits per heavy atom. The number of likely N-dealkylation sites (tertiary alicyclic amines) is 2. The molecule has 6 aliphatic rings. The Bertz CT molecular complexity index is 704. The smallest absolute Gasteiger partial charge is 0.0751 e. The van der Waals surface area contributed by atoms with Gasteiger partial charge in [0.05, 0.1) is 12.2 Å². The monoisotopic (exact) mass is 458 g/mol. The van der Waals surface area contributed by atoms with Crippen molar-refractivity contribution in [2.75, 3.05) is 26.2 Å². The molecule has 4 aliphatic carbocycles. The lowest BCUT2D eigenvalue weighted by atomic mass is 9.44. The Morgan fingerprint density at radius 3 is 1.97 bits per heavy atom. The fourth-order valence-corrected chi connectivity index (χ4v) is 10.5. The number of hydrogen-bond acceptors (Lipinski definition) is 4. The van der Waals surface area contributed by atoms with Gasteiger partial charge in [-0.15, -0.1) is 0 Å². The van der Waals surface area contributed by atoms with E-state index in [0.717, 1.165) is 18.3 Å². The van der Waals surface area contributed by atoms with E-state index in [2.05, 4.69) is 23.6 Å². The van der Waals surface area contributed by atoms with Crippen LogP contribution in [0.15, 0.2) is 0 Å². The molecule has 2 heterocycles. The van der Waals surface area contributed by atoms with Crippen LogP contribution in [0.5, 0.6) is 0 Å². The second kappa shape index (κ2) is 8.75. The standard InChI is InChI=1S/C29H50N2O2/c1-28-12-11-22-21(23(28)18-24(27(28)33)30-13-5-3-6-14-30)10-9-20-17-26(32)25(19-29(20,22)2)31-15-7-4-8-16-31/h20-27,32-33H,3-19H2,1-2H3/t20-,21+,22-,23-,24?,25-,26-,27-,28-,29-/m0/s1. The molecule has 2 N–H and O–H groups in total. The molecule has 0 aromatic heterocycles. The zero-order chi connectivity index (χ0) is 22.8. The maximum absolute atomic E-state index is 11.6. The summed E-state index contributed by atoms with van der Waals surface area (Å²) in [6, 6.07) is 0.785. The second-order valence-corrected chi connectivity index (χ2v) is 13.7. The first-order chi connectivity index (χ1) is 15.9. The third kappa shape index (κ3) is 3.67. The van der Waals surface area contributed by atoms with Gasteiger partial charge in [0.25, 0.3) is 0 Å². The van der Waals surface area contributed by atoms with Gasteiger partial charge in [-0.05, 0) is 131 Å². The van der Waals surface area contributed by atoms with E-state index in [1.165, 1.54) is 103 Å². The number of aliphatic hydroxyl groups is 2. The molecule has 0 spiro atoms. The van der Waals surface area contributed by atoms with Gasteiger partial charge in [0, 0.05) is 12.1 Å². The fourth-order valence-electron chi connectivity index (χ4n) is 10.5. The average Bonchev–Trinajstić information content (AvgIpc) is 3.11. The number of fused-ring (bicyclic) bond motifs is 5. The van der Waals surface area contributed by atoms with E-state index in [0.29, 0.717) is 29.3 Å². The Morgan fingerprint density at radius 2 is 1.30 bits per heavy atom. The van der Waals surface area contributed by atoms with E-state index in [4.69, 9.17) is 0 Å². The van der Waals surface area contributed by atoms with Crippen molar-refractivity contribution in [2.24, 2.45) is 34.5 Å². The predicted molar refractivity (Wildman–Crippen MR) is 133 cm³/mol. The van der Waals surface area contributed by atoms with Gasteiger partial charge in [-0.1, -0.05) is 26.7 Å². The van der Waals surface area contributed by atoms with Crippen molar-refractivity contribution in [2.45, 2.75) is 122 Å². The molecule has 6 rings (SSSR count). The largest absolute Gasteiger partial charge is 0.391 e. The fraction of sp³-hybridized carbons (Fsp3) is 1.00. The molecule has 2 saturated heterocycles. The highest BCUT2D eigenvalue weighted by molar-refractivity contribution is 5.14. The average molecular weight is 459 g/mol. The first-order valence-electron chi connectivity index (χ1n) is 14.8. The van der Waals surface area contributed by atoms with E-state index in [1.807, 2.05) is 0 Å². The molecule has 0 aromatic carbocycles.